The summed E-state index contributed by atoms with van der Waals surface area (Å²) in [4.78, 5) is 35.7. The number of hydrogen-bond donors (Lipinski definition) is 5. The van der Waals surface area contributed by atoms with Gasteiger partial charge in [0.2, 0.25) is 0 Å². The van der Waals surface area contributed by atoms with Crippen LogP contribution < -0.4 is 5.32 Å². The normalized spacial score (nSPS) is 23.0. The number of piperidine rings is 1. The Labute approximate surface area is 104 Å². The molecule has 0 aromatic rings. The molecule has 5 N–H and O–H groups in total. The molecular weight excluding hydrogens is 288 g/mol. The van der Waals surface area contributed by atoms with Gasteiger partial charge in [0.15, 0.2) is 5.40 Å². The lowest BCUT2D eigenvalue weighted by Gasteiger charge is -2.25. The molecule has 0 radical (unpaired) electrons. The van der Waals surface area contributed by atoms with E-state index in [9.17, 15) is 9.13 Å². The first-order valence-electron chi connectivity index (χ1n) is 5.14. The summed E-state index contributed by atoms with van der Waals surface area (Å²) in [5.41, 5.74) is 0. The smallest absolute Gasteiger partial charge is 0.324 e. The highest BCUT2D eigenvalue weighted by atomic mass is 32.2. The highest BCUT2D eigenvalue weighted by molar-refractivity contribution is 8.00. The fourth-order valence-electron chi connectivity index (χ4n) is 1.57. The maximum atomic E-state index is 11.0. The highest BCUT2D eigenvalue weighted by Crippen LogP contribution is 2.60. The Hall–Kier alpha value is 0.610. The molecule has 0 aromatic carbocycles. The zero-order valence-corrected chi connectivity index (χ0v) is 11.7. The second-order valence-electron chi connectivity index (χ2n) is 3.96. The average molecular weight is 305 g/mol. The van der Waals surface area contributed by atoms with Crippen molar-refractivity contribution in [2.24, 2.45) is 0 Å². The molecular formula is C7H17NO6P2S. The molecule has 1 atom stereocenters. The van der Waals surface area contributed by atoms with Crippen LogP contribution in [-0.2, 0) is 9.13 Å². The first kappa shape index (κ1) is 15.7. The number of rotatable bonds is 5. The van der Waals surface area contributed by atoms with Gasteiger partial charge >= 0.3 is 15.2 Å². The van der Waals surface area contributed by atoms with Gasteiger partial charge in [-0.25, -0.2) is 0 Å². The maximum absolute atomic E-state index is 11.0. The van der Waals surface area contributed by atoms with E-state index in [1.807, 2.05) is 0 Å². The number of nitrogens with one attached hydrogen (secondary N) is 1. The van der Waals surface area contributed by atoms with E-state index in [4.69, 9.17) is 19.6 Å². The Bertz CT molecular complexity index is 313. The Morgan fingerprint density at radius 2 is 1.82 bits per heavy atom. The van der Waals surface area contributed by atoms with E-state index in [0.717, 1.165) is 19.4 Å². The van der Waals surface area contributed by atoms with Gasteiger partial charge in [0.25, 0.3) is 0 Å². The van der Waals surface area contributed by atoms with E-state index in [-0.39, 0.29) is 11.0 Å². The van der Waals surface area contributed by atoms with Crippen LogP contribution in [0.5, 0.6) is 0 Å². The second kappa shape index (κ2) is 6.17. The first-order valence-corrected chi connectivity index (χ1v) is 9.55. The Kier molecular flexibility index (Phi) is 5.69. The number of thioether (sulfide) groups is 1. The number of hydrogen-bond acceptors (Lipinski definition) is 4. The molecule has 17 heavy (non-hydrogen) atoms. The molecule has 1 saturated heterocycles. The Balaban J connectivity index is 2.56. The summed E-state index contributed by atoms with van der Waals surface area (Å²) in [6.07, 6.45) is 1.86. The summed E-state index contributed by atoms with van der Waals surface area (Å²) in [5, 5.41) is 1.40. The summed E-state index contributed by atoms with van der Waals surface area (Å²) in [7, 11) is -9.54. The standard InChI is InChI=1S/C7H17NO6P2S/c9-15(10,11)7(16(12,13)14)5-17-6-2-1-3-8-4-6/h6-8H,1-5H2,(H2,9,10,11)(H2,12,13,14)/t6-/m0/s1. The summed E-state index contributed by atoms with van der Waals surface area (Å²) in [5.74, 6) is -0.221. The van der Waals surface area contributed by atoms with Gasteiger partial charge in [0.05, 0.1) is 0 Å². The average Bonchev–Trinajstić information content (AvgIpc) is 2.15. The van der Waals surface area contributed by atoms with Gasteiger partial charge in [-0.3, -0.25) is 9.13 Å². The third-order valence-corrected chi connectivity index (χ3v) is 8.13. The van der Waals surface area contributed by atoms with Crippen LogP contribution in [0.15, 0.2) is 0 Å². The minimum absolute atomic E-state index is 0.157. The van der Waals surface area contributed by atoms with Crippen LogP contribution in [0.25, 0.3) is 0 Å². The molecule has 0 bridgehead atoms. The van der Waals surface area contributed by atoms with Gasteiger partial charge in [-0.05, 0) is 19.4 Å². The molecule has 1 heterocycles. The third kappa shape index (κ3) is 5.41. The van der Waals surface area contributed by atoms with Crippen molar-refractivity contribution < 1.29 is 28.7 Å². The van der Waals surface area contributed by atoms with Crippen molar-refractivity contribution in [1.82, 2.24) is 5.32 Å². The zero-order valence-electron chi connectivity index (χ0n) is 9.10. The van der Waals surface area contributed by atoms with Gasteiger partial charge in [0, 0.05) is 17.5 Å². The molecule has 0 aromatic heterocycles. The SMILES string of the molecule is O=P(O)(O)C(CS[C@H]1CCCNC1)P(=O)(O)O. The quantitative estimate of drug-likeness (QED) is 0.454. The van der Waals surface area contributed by atoms with E-state index < -0.39 is 20.6 Å². The molecule has 0 spiro atoms. The molecule has 0 aliphatic carbocycles. The van der Waals surface area contributed by atoms with Crippen LogP contribution in [0.3, 0.4) is 0 Å². The zero-order chi connectivity index (χ0) is 13.1. The first-order chi connectivity index (χ1) is 7.71. The summed E-state index contributed by atoms with van der Waals surface area (Å²) in [6.45, 7) is 1.62. The fraction of sp³-hybridized carbons (Fsp3) is 1.00. The van der Waals surface area contributed by atoms with E-state index in [2.05, 4.69) is 5.32 Å². The third-order valence-electron chi connectivity index (χ3n) is 2.51. The molecule has 10 heteroatoms. The monoisotopic (exact) mass is 305 g/mol. The van der Waals surface area contributed by atoms with Gasteiger partial charge < -0.3 is 24.9 Å². The lowest BCUT2D eigenvalue weighted by molar-refractivity contribution is 0.343. The fourth-order valence-corrected chi connectivity index (χ4v) is 6.23. The van der Waals surface area contributed by atoms with E-state index in [1.165, 1.54) is 11.8 Å². The molecule has 7 nitrogen and oxygen atoms in total. The molecule has 1 aliphatic rings. The Morgan fingerprint density at radius 1 is 1.24 bits per heavy atom. The second-order valence-corrected chi connectivity index (χ2v) is 9.30. The topological polar surface area (TPSA) is 127 Å². The van der Waals surface area contributed by atoms with Gasteiger partial charge in [-0.15, -0.1) is 0 Å². The molecule has 0 unspecified atom stereocenters. The summed E-state index contributed by atoms with van der Waals surface area (Å²) < 4.78 is 22.0. The van der Waals surface area contributed by atoms with Crippen LogP contribution in [0, 0.1) is 0 Å². The molecule has 0 saturated carbocycles. The van der Waals surface area contributed by atoms with E-state index in [0.29, 0.717) is 6.54 Å². The summed E-state index contributed by atoms with van der Waals surface area (Å²) >= 11 is 1.21. The van der Waals surface area contributed by atoms with Crippen molar-refractivity contribution in [3.05, 3.63) is 0 Å². The minimum Gasteiger partial charge on any atom is -0.324 e. The van der Waals surface area contributed by atoms with Crippen molar-refractivity contribution in [3.63, 3.8) is 0 Å². The van der Waals surface area contributed by atoms with Crippen LogP contribution in [0.1, 0.15) is 12.8 Å². The van der Waals surface area contributed by atoms with Crippen molar-refractivity contribution >= 4 is 27.0 Å². The largest absolute Gasteiger partial charge is 0.341 e. The van der Waals surface area contributed by atoms with Crippen LogP contribution in [0.4, 0.5) is 0 Å². The van der Waals surface area contributed by atoms with Gasteiger partial charge in [-0.2, -0.15) is 11.8 Å². The predicted octanol–water partition coefficient (Wildman–Crippen LogP) is 0.153. The van der Waals surface area contributed by atoms with Crippen molar-refractivity contribution in [2.75, 3.05) is 18.8 Å². The molecule has 1 aliphatic heterocycles. The van der Waals surface area contributed by atoms with E-state index in [1.54, 1.807) is 0 Å². The van der Waals surface area contributed by atoms with Gasteiger partial charge in [-0.1, -0.05) is 0 Å². The maximum Gasteiger partial charge on any atom is 0.341 e. The summed E-state index contributed by atoms with van der Waals surface area (Å²) in [6, 6.07) is 0. The molecule has 0 amide bonds. The van der Waals surface area contributed by atoms with Crippen LogP contribution in [0.2, 0.25) is 0 Å². The molecule has 1 rings (SSSR count). The molecule has 1 fully saturated rings. The highest BCUT2D eigenvalue weighted by Gasteiger charge is 2.43. The molecule has 102 valence electrons. The Morgan fingerprint density at radius 3 is 2.24 bits per heavy atom. The van der Waals surface area contributed by atoms with E-state index >= 15 is 0 Å². The van der Waals surface area contributed by atoms with Crippen molar-refractivity contribution in [3.8, 4) is 0 Å². The van der Waals surface area contributed by atoms with Crippen molar-refractivity contribution in [1.29, 1.82) is 0 Å². The van der Waals surface area contributed by atoms with Crippen LogP contribution >= 0.6 is 27.0 Å². The predicted molar refractivity (Wildman–Crippen MR) is 66.2 cm³/mol. The van der Waals surface area contributed by atoms with Crippen molar-refractivity contribution in [2.45, 2.75) is 23.5 Å². The van der Waals surface area contributed by atoms with Crippen LogP contribution in [-0.4, -0.2) is 49.1 Å². The lowest BCUT2D eigenvalue weighted by atomic mass is 10.2. The minimum atomic E-state index is -4.77. The van der Waals surface area contributed by atoms with Gasteiger partial charge in [0.1, 0.15) is 0 Å². The lowest BCUT2D eigenvalue weighted by Crippen LogP contribution is -2.32.